The zero-order valence-electron chi connectivity index (χ0n) is 19.1. The number of carbonyl (C=O) groups excluding carboxylic acids is 1. The normalized spacial score (nSPS) is 12.5. The maximum atomic E-state index is 13.3. The molecule has 0 saturated carbocycles. The molecule has 1 atom stereocenters. The number of thiophene rings is 1. The van der Waals surface area contributed by atoms with E-state index in [2.05, 4.69) is 10.0 Å². The number of benzene rings is 2. The second kappa shape index (κ2) is 9.98. The van der Waals surface area contributed by atoms with Crippen LogP contribution in [0.2, 0.25) is 0 Å². The Morgan fingerprint density at radius 1 is 1.00 bits per heavy atom. The lowest BCUT2D eigenvalue weighted by molar-refractivity contribution is -0.122. The molecule has 0 aliphatic rings. The minimum absolute atomic E-state index is 0.0826. The van der Waals surface area contributed by atoms with Gasteiger partial charge in [0, 0.05) is 19.0 Å². The zero-order valence-corrected chi connectivity index (χ0v) is 20.7. The molecule has 35 heavy (non-hydrogen) atoms. The van der Waals surface area contributed by atoms with Crippen LogP contribution in [0, 0.1) is 0 Å². The fraction of sp³-hybridized carbons (Fsp3) is 0.208. The molecule has 2 aromatic heterocycles. The lowest BCUT2D eigenvalue weighted by Gasteiger charge is -2.19. The van der Waals surface area contributed by atoms with Crippen molar-refractivity contribution in [1.82, 2.24) is 19.2 Å². The first-order valence-electron chi connectivity index (χ1n) is 10.7. The van der Waals surface area contributed by atoms with Crippen LogP contribution in [0.3, 0.4) is 0 Å². The van der Waals surface area contributed by atoms with Gasteiger partial charge in [0.2, 0.25) is 15.9 Å². The molecule has 2 aromatic carbocycles. The van der Waals surface area contributed by atoms with E-state index in [0.717, 1.165) is 15.0 Å². The van der Waals surface area contributed by atoms with Crippen molar-refractivity contribution in [1.29, 1.82) is 0 Å². The smallest absolute Gasteiger partial charge is 0.330 e. The number of amides is 1. The standard InChI is InChI=1S/C24H24N4O5S2/c1-27-21-11-10-18(14-19(21)23(30)28(2)24(27)31)35(32,33)26-20(13-16-7-4-3-5-8-16)22(29)25-15-17-9-6-12-34-17/h3-12,14,20,26H,13,15H2,1-2H3,(H,25,29). The quantitative estimate of drug-likeness (QED) is 0.371. The first-order chi connectivity index (χ1) is 16.7. The Hall–Kier alpha value is -3.54. The van der Waals surface area contributed by atoms with E-state index in [0.29, 0.717) is 5.52 Å². The van der Waals surface area contributed by atoms with Gasteiger partial charge in [0.15, 0.2) is 0 Å². The molecule has 2 heterocycles. The molecular weight excluding hydrogens is 488 g/mol. The molecule has 1 unspecified atom stereocenters. The third-order valence-electron chi connectivity index (χ3n) is 5.66. The number of fused-ring (bicyclic) bond motifs is 1. The van der Waals surface area contributed by atoms with E-state index in [1.165, 1.54) is 48.2 Å². The predicted molar refractivity (Wildman–Crippen MR) is 135 cm³/mol. The third kappa shape index (κ3) is 5.26. The van der Waals surface area contributed by atoms with Crippen LogP contribution in [0.4, 0.5) is 0 Å². The third-order valence-corrected chi connectivity index (χ3v) is 8.01. The highest BCUT2D eigenvalue weighted by molar-refractivity contribution is 7.89. The monoisotopic (exact) mass is 512 g/mol. The first-order valence-corrected chi connectivity index (χ1v) is 13.1. The van der Waals surface area contributed by atoms with Crippen molar-refractivity contribution < 1.29 is 13.2 Å². The molecule has 0 bridgehead atoms. The molecule has 11 heteroatoms. The van der Waals surface area contributed by atoms with Gasteiger partial charge in [-0.25, -0.2) is 13.2 Å². The van der Waals surface area contributed by atoms with E-state index < -0.39 is 33.2 Å². The fourth-order valence-corrected chi connectivity index (χ4v) is 5.61. The summed E-state index contributed by atoms with van der Waals surface area (Å²) in [6.45, 7) is 0.281. The molecule has 0 aliphatic carbocycles. The summed E-state index contributed by atoms with van der Waals surface area (Å²) in [6.07, 6.45) is 0.139. The number of aromatic nitrogens is 2. The molecule has 4 rings (SSSR count). The number of sulfonamides is 1. The number of carbonyl (C=O) groups is 1. The van der Waals surface area contributed by atoms with Crippen LogP contribution in [-0.2, 0) is 41.9 Å². The Bertz CT molecular complexity index is 1590. The Morgan fingerprint density at radius 3 is 2.43 bits per heavy atom. The average Bonchev–Trinajstić information content (AvgIpc) is 3.38. The molecular formula is C24H24N4O5S2. The number of aryl methyl sites for hydroxylation is 1. The molecule has 0 radical (unpaired) electrons. The second-order valence-corrected chi connectivity index (χ2v) is 10.8. The van der Waals surface area contributed by atoms with Crippen molar-refractivity contribution in [3.05, 3.63) is 97.3 Å². The maximum Gasteiger partial charge on any atom is 0.330 e. The molecule has 0 aliphatic heterocycles. The zero-order chi connectivity index (χ0) is 25.2. The van der Waals surface area contributed by atoms with Gasteiger partial charge in [0.1, 0.15) is 6.04 Å². The fourth-order valence-electron chi connectivity index (χ4n) is 3.75. The van der Waals surface area contributed by atoms with E-state index >= 15 is 0 Å². The summed E-state index contributed by atoms with van der Waals surface area (Å²) in [5, 5.41) is 4.77. The lowest BCUT2D eigenvalue weighted by Crippen LogP contribution is -2.47. The van der Waals surface area contributed by atoms with E-state index in [9.17, 15) is 22.8 Å². The van der Waals surface area contributed by atoms with Crippen LogP contribution in [0.25, 0.3) is 10.9 Å². The summed E-state index contributed by atoms with van der Waals surface area (Å²) in [7, 11) is -1.35. The number of rotatable bonds is 8. The lowest BCUT2D eigenvalue weighted by atomic mass is 10.1. The Morgan fingerprint density at radius 2 is 1.74 bits per heavy atom. The number of nitrogens with one attached hydrogen (secondary N) is 2. The van der Waals surface area contributed by atoms with Crippen LogP contribution >= 0.6 is 11.3 Å². The minimum atomic E-state index is -4.18. The molecule has 0 spiro atoms. The summed E-state index contributed by atoms with van der Waals surface area (Å²) in [5.74, 6) is -0.468. The second-order valence-electron chi connectivity index (χ2n) is 8.05. The summed E-state index contributed by atoms with van der Waals surface area (Å²) >= 11 is 1.49. The highest BCUT2D eigenvalue weighted by atomic mass is 32.2. The van der Waals surface area contributed by atoms with Gasteiger partial charge < -0.3 is 5.32 Å². The number of nitrogens with zero attached hydrogens (tertiary/aromatic N) is 2. The Labute approximate surface area is 205 Å². The van der Waals surface area contributed by atoms with Crippen LogP contribution in [-0.4, -0.2) is 29.5 Å². The Balaban J connectivity index is 1.66. The van der Waals surface area contributed by atoms with Crippen LogP contribution in [0.5, 0.6) is 0 Å². The largest absolute Gasteiger partial charge is 0.350 e. The summed E-state index contributed by atoms with van der Waals surface area (Å²) in [4.78, 5) is 38.6. The molecule has 0 fully saturated rings. The van der Waals surface area contributed by atoms with Gasteiger partial charge >= 0.3 is 5.69 Å². The number of hydrogen-bond donors (Lipinski definition) is 2. The Kier molecular flexibility index (Phi) is 7.01. The molecule has 4 aromatic rings. The molecule has 182 valence electrons. The van der Waals surface area contributed by atoms with Gasteiger partial charge in [-0.15, -0.1) is 11.3 Å². The van der Waals surface area contributed by atoms with Gasteiger partial charge in [0.05, 0.1) is 22.3 Å². The van der Waals surface area contributed by atoms with Gasteiger partial charge in [-0.05, 0) is 41.6 Å². The summed E-state index contributed by atoms with van der Waals surface area (Å²) in [5.41, 5.74) is -0.0170. The first kappa shape index (κ1) is 24.6. The van der Waals surface area contributed by atoms with Gasteiger partial charge in [0.25, 0.3) is 5.56 Å². The predicted octanol–water partition coefficient (Wildman–Crippen LogP) is 1.50. The summed E-state index contributed by atoms with van der Waals surface area (Å²) < 4.78 is 31.3. The van der Waals surface area contributed by atoms with Crippen molar-refractivity contribution in [2.45, 2.75) is 23.9 Å². The van der Waals surface area contributed by atoms with Gasteiger partial charge in [-0.2, -0.15) is 4.72 Å². The minimum Gasteiger partial charge on any atom is -0.350 e. The van der Waals surface area contributed by atoms with E-state index in [-0.39, 0.29) is 23.2 Å². The van der Waals surface area contributed by atoms with E-state index in [1.807, 2.05) is 47.8 Å². The van der Waals surface area contributed by atoms with Crippen molar-refractivity contribution in [3.8, 4) is 0 Å². The van der Waals surface area contributed by atoms with Crippen LogP contribution < -0.4 is 21.3 Å². The number of hydrogen-bond acceptors (Lipinski definition) is 6. The van der Waals surface area contributed by atoms with Crippen molar-refractivity contribution in [2.24, 2.45) is 14.1 Å². The molecule has 0 saturated heterocycles. The van der Waals surface area contributed by atoms with Gasteiger partial charge in [-0.1, -0.05) is 36.4 Å². The topological polar surface area (TPSA) is 119 Å². The SMILES string of the molecule is Cn1c(=O)c2cc(S(=O)(=O)NC(Cc3ccccc3)C(=O)NCc3cccs3)ccc2n(C)c1=O. The van der Waals surface area contributed by atoms with Crippen molar-refractivity contribution in [3.63, 3.8) is 0 Å². The van der Waals surface area contributed by atoms with Gasteiger partial charge in [-0.3, -0.25) is 18.7 Å². The molecule has 2 N–H and O–H groups in total. The van der Waals surface area contributed by atoms with Crippen LogP contribution in [0.15, 0.2) is 80.5 Å². The van der Waals surface area contributed by atoms with Crippen LogP contribution in [0.1, 0.15) is 10.4 Å². The molecule has 1 amide bonds. The highest BCUT2D eigenvalue weighted by Crippen LogP contribution is 2.17. The average molecular weight is 513 g/mol. The summed E-state index contributed by atoms with van der Waals surface area (Å²) in [6, 6.07) is 15.7. The highest BCUT2D eigenvalue weighted by Gasteiger charge is 2.27. The molecule has 9 nitrogen and oxygen atoms in total. The van der Waals surface area contributed by atoms with E-state index in [4.69, 9.17) is 0 Å². The van der Waals surface area contributed by atoms with Crippen molar-refractivity contribution in [2.75, 3.05) is 0 Å². The maximum absolute atomic E-state index is 13.3. The van der Waals surface area contributed by atoms with Crippen molar-refractivity contribution >= 4 is 38.2 Å². The van der Waals surface area contributed by atoms with E-state index in [1.54, 1.807) is 0 Å².